The quantitative estimate of drug-likeness (QED) is 0.726. The Morgan fingerprint density at radius 3 is 2.15 bits per heavy atom. The Morgan fingerprint density at radius 1 is 1.08 bits per heavy atom. The molecule has 1 amide bonds. The van der Waals surface area contributed by atoms with Gasteiger partial charge in [0.1, 0.15) is 18.0 Å². The minimum absolute atomic E-state index is 0.0473. The molecule has 1 aromatic rings. The van der Waals surface area contributed by atoms with Crippen LogP contribution in [0.25, 0.3) is 0 Å². The van der Waals surface area contributed by atoms with Gasteiger partial charge in [0.25, 0.3) is 0 Å². The fourth-order valence-electron chi connectivity index (χ4n) is 2.26. The van der Waals surface area contributed by atoms with E-state index in [9.17, 15) is 9.59 Å². The Labute approximate surface area is 156 Å². The predicted octanol–water partition coefficient (Wildman–Crippen LogP) is 3.08. The topological polar surface area (TPSA) is 90.7 Å². The second-order valence-corrected chi connectivity index (χ2v) is 8.35. The van der Waals surface area contributed by atoms with Crippen LogP contribution >= 0.6 is 0 Å². The molecule has 1 unspecified atom stereocenters. The highest BCUT2D eigenvalue weighted by Crippen LogP contribution is 2.19. The molecule has 1 aromatic carbocycles. The van der Waals surface area contributed by atoms with Crippen molar-refractivity contribution in [2.24, 2.45) is 11.1 Å². The van der Waals surface area contributed by atoms with Crippen LogP contribution in [0, 0.1) is 5.41 Å². The van der Waals surface area contributed by atoms with Crippen molar-refractivity contribution in [1.82, 2.24) is 5.32 Å². The maximum absolute atomic E-state index is 12.2. The predicted molar refractivity (Wildman–Crippen MR) is 102 cm³/mol. The van der Waals surface area contributed by atoms with Crippen LogP contribution in [0.3, 0.4) is 0 Å². The molecule has 0 aliphatic rings. The van der Waals surface area contributed by atoms with E-state index in [-0.39, 0.29) is 5.78 Å². The molecule has 0 aliphatic carbocycles. The molecule has 26 heavy (non-hydrogen) atoms. The van der Waals surface area contributed by atoms with Gasteiger partial charge in [0.2, 0.25) is 0 Å². The molecule has 3 N–H and O–H groups in total. The molecular formula is C20H32N2O4. The second-order valence-electron chi connectivity index (χ2n) is 8.35. The van der Waals surface area contributed by atoms with E-state index < -0.39 is 23.2 Å². The first-order valence-electron chi connectivity index (χ1n) is 8.87. The summed E-state index contributed by atoms with van der Waals surface area (Å²) in [4.78, 5) is 23.7. The van der Waals surface area contributed by atoms with Gasteiger partial charge < -0.3 is 20.5 Å². The van der Waals surface area contributed by atoms with Gasteiger partial charge in [0.05, 0.1) is 12.6 Å². The largest absolute Gasteiger partial charge is 0.492 e. The molecule has 0 saturated heterocycles. The Bertz CT molecular complexity index is 598. The van der Waals surface area contributed by atoms with Gasteiger partial charge in [0, 0.05) is 5.41 Å². The van der Waals surface area contributed by atoms with Gasteiger partial charge in [-0.15, -0.1) is 0 Å². The minimum Gasteiger partial charge on any atom is -0.492 e. The Hall–Kier alpha value is -2.08. The third kappa shape index (κ3) is 8.34. The van der Waals surface area contributed by atoms with Crippen molar-refractivity contribution in [3.8, 4) is 5.75 Å². The highest BCUT2D eigenvalue weighted by Gasteiger charge is 2.27. The molecule has 0 aliphatic heterocycles. The van der Waals surface area contributed by atoms with Gasteiger partial charge in [-0.3, -0.25) is 4.79 Å². The van der Waals surface area contributed by atoms with Crippen LogP contribution in [0.15, 0.2) is 24.3 Å². The molecule has 0 aromatic heterocycles. The molecule has 1 rings (SSSR count). The van der Waals surface area contributed by atoms with Gasteiger partial charge in [-0.25, -0.2) is 4.79 Å². The number of carbonyl (C=O) groups is 2. The highest BCUT2D eigenvalue weighted by molar-refractivity contribution is 5.88. The van der Waals surface area contributed by atoms with E-state index in [1.54, 1.807) is 0 Å². The van der Waals surface area contributed by atoms with E-state index in [1.165, 1.54) is 0 Å². The van der Waals surface area contributed by atoms with Crippen LogP contribution in [-0.4, -0.2) is 36.7 Å². The lowest BCUT2D eigenvalue weighted by atomic mass is 9.85. The Morgan fingerprint density at radius 2 is 1.65 bits per heavy atom. The summed E-state index contributed by atoms with van der Waals surface area (Å²) < 4.78 is 10.7. The van der Waals surface area contributed by atoms with Gasteiger partial charge in [0.15, 0.2) is 5.78 Å². The fourth-order valence-corrected chi connectivity index (χ4v) is 2.26. The number of rotatable bonds is 7. The first-order chi connectivity index (χ1) is 11.9. The van der Waals surface area contributed by atoms with Crippen LogP contribution in [-0.2, 0) is 16.0 Å². The highest BCUT2D eigenvalue weighted by atomic mass is 16.6. The number of nitrogens with two attached hydrogens (primary N) is 1. The third-order valence-corrected chi connectivity index (χ3v) is 3.49. The molecule has 1 atom stereocenters. The summed E-state index contributed by atoms with van der Waals surface area (Å²) in [6, 6.07) is 6.94. The number of Topliss-reactive ketones (excluding diaryl/α,β-unsaturated/α-hetero) is 1. The van der Waals surface area contributed by atoms with Gasteiger partial charge >= 0.3 is 6.09 Å². The molecule has 0 spiro atoms. The standard InChI is InChI=1S/C20H32N2O4/c1-19(2,3)17(23)16(21)13-14-7-9-15(10-8-14)25-12-11-22-18(24)26-20(4,5)6/h7-10,16H,11-13,21H2,1-6H3,(H,22,24). The van der Waals surface area contributed by atoms with Gasteiger partial charge in [-0.1, -0.05) is 32.9 Å². The Kier molecular flexibility index (Phi) is 7.63. The third-order valence-electron chi connectivity index (χ3n) is 3.49. The van der Waals surface area contributed by atoms with E-state index >= 15 is 0 Å². The monoisotopic (exact) mass is 364 g/mol. The number of hydrogen-bond donors (Lipinski definition) is 2. The van der Waals surface area contributed by atoms with E-state index in [1.807, 2.05) is 65.8 Å². The first kappa shape index (κ1) is 22.0. The average molecular weight is 364 g/mol. The van der Waals surface area contributed by atoms with E-state index in [0.717, 1.165) is 5.56 Å². The first-order valence-corrected chi connectivity index (χ1v) is 8.87. The molecule has 0 bridgehead atoms. The summed E-state index contributed by atoms with van der Waals surface area (Å²) in [6.45, 7) is 11.7. The van der Waals surface area contributed by atoms with Crippen molar-refractivity contribution in [3.05, 3.63) is 29.8 Å². The molecule has 0 radical (unpaired) electrons. The molecule has 0 fully saturated rings. The Balaban J connectivity index is 2.39. The van der Waals surface area contributed by atoms with Crippen molar-refractivity contribution in [1.29, 1.82) is 0 Å². The lowest BCUT2D eigenvalue weighted by Gasteiger charge is -2.21. The summed E-state index contributed by atoms with van der Waals surface area (Å²) in [5, 5.41) is 2.63. The van der Waals surface area contributed by atoms with Crippen molar-refractivity contribution in [3.63, 3.8) is 0 Å². The zero-order valence-corrected chi connectivity index (χ0v) is 16.7. The van der Waals surface area contributed by atoms with Crippen molar-refractivity contribution < 1.29 is 19.1 Å². The summed E-state index contributed by atoms with van der Waals surface area (Å²) >= 11 is 0. The number of alkyl carbamates (subject to hydrolysis) is 1. The van der Waals surface area contributed by atoms with Gasteiger partial charge in [-0.05, 0) is 44.9 Å². The number of ether oxygens (including phenoxy) is 2. The van der Waals surface area contributed by atoms with Crippen molar-refractivity contribution in [2.45, 2.75) is 59.6 Å². The lowest BCUT2D eigenvalue weighted by Crippen LogP contribution is -2.40. The summed E-state index contributed by atoms with van der Waals surface area (Å²) in [5.41, 5.74) is 6.03. The number of benzene rings is 1. The number of ketones is 1. The minimum atomic E-state index is -0.518. The molecule has 6 heteroatoms. The van der Waals surface area contributed by atoms with E-state index in [4.69, 9.17) is 15.2 Å². The van der Waals surface area contributed by atoms with Gasteiger partial charge in [-0.2, -0.15) is 0 Å². The molecule has 0 heterocycles. The number of nitrogens with one attached hydrogen (secondary N) is 1. The van der Waals surface area contributed by atoms with E-state index in [2.05, 4.69) is 5.32 Å². The average Bonchev–Trinajstić information content (AvgIpc) is 2.49. The van der Waals surface area contributed by atoms with Crippen LogP contribution in [0.1, 0.15) is 47.1 Å². The normalized spacial score (nSPS) is 13.0. The second kappa shape index (κ2) is 9.03. The zero-order chi connectivity index (χ0) is 20.0. The lowest BCUT2D eigenvalue weighted by molar-refractivity contribution is -0.127. The number of hydrogen-bond acceptors (Lipinski definition) is 5. The molecule has 146 valence electrons. The molecular weight excluding hydrogens is 332 g/mol. The summed E-state index contributed by atoms with van der Waals surface area (Å²) in [5.74, 6) is 0.738. The van der Waals surface area contributed by atoms with Crippen molar-refractivity contribution in [2.75, 3.05) is 13.2 Å². The number of carbonyl (C=O) groups excluding carboxylic acids is 2. The smallest absolute Gasteiger partial charge is 0.407 e. The van der Waals surface area contributed by atoms with E-state index in [0.29, 0.717) is 25.3 Å². The maximum atomic E-state index is 12.2. The summed E-state index contributed by atoms with van der Waals surface area (Å²) in [7, 11) is 0. The summed E-state index contributed by atoms with van der Waals surface area (Å²) in [6.07, 6.45) is 0.0327. The van der Waals surface area contributed by atoms with Crippen LogP contribution < -0.4 is 15.8 Å². The fraction of sp³-hybridized carbons (Fsp3) is 0.600. The van der Waals surface area contributed by atoms with Crippen molar-refractivity contribution >= 4 is 11.9 Å². The maximum Gasteiger partial charge on any atom is 0.407 e. The number of amides is 1. The molecule has 6 nitrogen and oxygen atoms in total. The van der Waals surface area contributed by atoms with Crippen LogP contribution in [0.5, 0.6) is 5.75 Å². The zero-order valence-electron chi connectivity index (χ0n) is 16.7. The van der Waals surface area contributed by atoms with Crippen LogP contribution in [0.4, 0.5) is 4.79 Å². The van der Waals surface area contributed by atoms with Crippen LogP contribution in [0.2, 0.25) is 0 Å². The molecule has 0 saturated carbocycles. The SMILES string of the molecule is CC(C)(C)OC(=O)NCCOc1ccc(CC(N)C(=O)C(C)(C)C)cc1.